The van der Waals surface area contributed by atoms with E-state index in [1.165, 1.54) is 5.56 Å². The van der Waals surface area contributed by atoms with Crippen LogP contribution in [0.5, 0.6) is 0 Å². The highest BCUT2D eigenvalue weighted by atomic mass is 16.5. The molecule has 0 radical (unpaired) electrons. The molecule has 1 saturated heterocycles. The molecule has 1 aromatic rings. The number of hydrogen-bond donors (Lipinski definition) is 1. The van der Waals surface area contributed by atoms with Gasteiger partial charge in [-0.2, -0.15) is 0 Å². The van der Waals surface area contributed by atoms with Gasteiger partial charge >= 0.3 is 0 Å². The molecule has 6 nitrogen and oxygen atoms in total. The maximum Gasteiger partial charge on any atom is 0.242 e. The number of benzene rings is 1. The Labute approximate surface area is 149 Å². The average Bonchev–Trinajstić information content (AvgIpc) is 3.05. The summed E-state index contributed by atoms with van der Waals surface area (Å²) < 4.78 is 5.32. The highest BCUT2D eigenvalue weighted by Crippen LogP contribution is 2.31. The first-order chi connectivity index (χ1) is 12.0. The van der Waals surface area contributed by atoms with Gasteiger partial charge < -0.3 is 15.0 Å². The molecule has 0 spiro atoms. The number of nitrogens with zero attached hydrogens (tertiary/aromatic N) is 2. The van der Waals surface area contributed by atoms with E-state index in [1.807, 2.05) is 24.3 Å². The fourth-order valence-corrected chi connectivity index (χ4v) is 3.36. The van der Waals surface area contributed by atoms with Gasteiger partial charge in [-0.05, 0) is 31.9 Å². The molecular weight excluding hydrogens is 318 g/mol. The second kappa shape index (κ2) is 7.54. The monoisotopic (exact) mass is 345 g/mol. The Morgan fingerprint density at radius 1 is 1.16 bits per heavy atom. The first-order valence-electron chi connectivity index (χ1n) is 8.98. The van der Waals surface area contributed by atoms with Crippen molar-refractivity contribution in [1.82, 2.24) is 10.2 Å². The normalized spacial score (nSPS) is 18.1. The Morgan fingerprint density at radius 3 is 2.64 bits per heavy atom. The molecule has 0 bridgehead atoms. The summed E-state index contributed by atoms with van der Waals surface area (Å²) in [6.07, 6.45) is 0.844. The van der Waals surface area contributed by atoms with Gasteiger partial charge in [-0.15, -0.1) is 0 Å². The number of fused-ring (bicyclic) bond motifs is 1. The van der Waals surface area contributed by atoms with Crippen LogP contribution in [0.2, 0.25) is 0 Å². The van der Waals surface area contributed by atoms with Gasteiger partial charge in [-0.3, -0.25) is 14.5 Å². The van der Waals surface area contributed by atoms with Crippen molar-refractivity contribution < 1.29 is 14.3 Å². The molecule has 2 aliphatic heterocycles. The summed E-state index contributed by atoms with van der Waals surface area (Å²) in [5, 5.41) is 2.93. The third-order valence-electron chi connectivity index (χ3n) is 5.05. The van der Waals surface area contributed by atoms with Crippen molar-refractivity contribution in [2.45, 2.75) is 20.3 Å². The van der Waals surface area contributed by atoms with E-state index in [1.54, 1.807) is 18.7 Å². The fraction of sp³-hybridized carbons (Fsp3) is 0.579. The molecule has 2 heterocycles. The maximum atomic E-state index is 13.0. The van der Waals surface area contributed by atoms with Gasteiger partial charge in [0.25, 0.3) is 0 Å². The van der Waals surface area contributed by atoms with Gasteiger partial charge in [-0.25, -0.2) is 0 Å². The molecule has 2 aliphatic rings. The van der Waals surface area contributed by atoms with E-state index in [9.17, 15) is 9.59 Å². The Morgan fingerprint density at radius 2 is 1.88 bits per heavy atom. The third kappa shape index (κ3) is 3.85. The second-order valence-corrected chi connectivity index (χ2v) is 7.17. The minimum Gasteiger partial charge on any atom is -0.379 e. The van der Waals surface area contributed by atoms with Gasteiger partial charge in [0.2, 0.25) is 11.8 Å². The number of amides is 2. The van der Waals surface area contributed by atoms with E-state index >= 15 is 0 Å². The highest BCUT2D eigenvalue weighted by molar-refractivity contribution is 6.11. The number of para-hydroxylation sites is 1. The van der Waals surface area contributed by atoms with E-state index in [0.29, 0.717) is 13.1 Å². The van der Waals surface area contributed by atoms with Crippen molar-refractivity contribution in [3.05, 3.63) is 29.8 Å². The van der Waals surface area contributed by atoms with Crippen molar-refractivity contribution in [3.63, 3.8) is 0 Å². The molecule has 1 aromatic carbocycles. The van der Waals surface area contributed by atoms with Gasteiger partial charge in [0.05, 0.1) is 13.2 Å². The zero-order valence-electron chi connectivity index (χ0n) is 15.1. The minimum atomic E-state index is -1.08. The number of carbonyl (C=O) groups is 2. The predicted molar refractivity (Wildman–Crippen MR) is 96.5 cm³/mol. The van der Waals surface area contributed by atoms with Crippen LogP contribution in [0.3, 0.4) is 0 Å². The van der Waals surface area contributed by atoms with Crippen LogP contribution in [-0.4, -0.2) is 62.7 Å². The quantitative estimate of drug-likeness (QED) is 0.811. The number of rotatable bonds is 5. The molecule has 0 saturated carbocycles. The minimum absolute atomic E-state index is 0.138. The first kappa shape index (κ1) is 17.9. The van der Waals surface area contributed by atoms with Crippen LogP contribution in [0, 0.1) is 5.41 Å². The van der Waals surface area contributed by atoms with E-state index in [-0.39, 0.29) is 11.8 Å². The number of ether oxygens (including phenoxy) is 1. The number of hydrogen-bond acceptors (Lipinski definition) is 4. The topological polar surface area (TPSA) is 61.9 Å². The Balaban J connectivity index is 1.56. The van der Waals surface area contributed by atoms with E-state index in [0.717, 1.165) is 45.0 Å². The van der Waals surface area contributed by atoms with Crippen LogP contribution < -0.4 is 10.2 Å². The van der Waals surface area contributed by atoms with E-state index in [4.69, 9.17) is 4.74 Å². The van der Waals surface area contributed by atoms with Crippen LogP contribution >= 0.6 is 0 Å². The Bertz CT molecular complexity index is 639. The maximum absolute atomic E-state index is 13.0. The summed E-state index contributed by atoms with van der Waals surface area (Å²) in [6, 6.07) is 7.90. The summed E-state index contributed by atoms with van der Waals surface area (Å²) in [7, 11) is 0. The molecule has 3 rings (SSSR count). The molecule has 25 heavy (non-hydrogen) atoms. The summed E-state index contributed by atoms with van der Waals surface area (Å²) >= 11 is 0. The Hall–Kier alpha value is -1.92. The largest absolute Gasteiger partial charge is 0.379 e. The van der Waals surface area contributed by atoms with E-state index < -0.39 is 5.41 Å². The lowest BCUT2D eigenvalue weighted by molar-refractivity contribution is -0.139. The van der Waals surface area contributed by atoms with Crippen LogP contribution in [0.1, 0.15) is 19.4 Å². The number of morpholine rings is 1. The smallest absolute Gasteiger partial charge is 0.242 e. The standard InChI is InChI=1S/C19H27N3O3/c1-19(2,17(23)20-8-10-21-11-13-25-14-12-21)18(24)22-9-7-15-5-3-4-6-16(15)22/h3-6H,7-14H2,1-2H3,(H,20,23). The van der Waals surface area contributed by atoms with Crippen molar-refractivity contribution in [1.29, 1.82) is 0 Å². The summed E-state index contributed by atoms with van der Waals surface area (Å²) in [5.41, 5.74) is 1.02. The van der Waals surface area contributed by atoms with Gasteiger partial charge in [-0.1, -0.05) is 18.2 Å². The number of anilines is 1. The molecule has 1 fully saturated rings. The fourth-order valence-electron chi connectivity index (χ4n) is 3.36. The van der Waals surface area contributed by atoms with Crippen LogP contribution in [0.15, 0.2) is 24.3 Å². The van der Waals surface area contributed by atoms with Gasteiger partial charge in [0.1, 0.15) is 5.41 Å². The molecule has 0 atom stereocenters. The van der Waals surface area contributed by atoms with Gasteiger partial charge in [0, 0.05) is 38.4 Å². The van der Waals surface area contributed by atoms with Gasteiger partial charge in [0.15, 0.2) is 0 Å². The SMILES string of the molecule is CC(C)(C(=O)NCCN1CCOCC1)C(=O)N1CCc2ccccc21. The lowest BCUT2D eigenvalue weighted by atomic mass is 9.90. The number of nitrogens with one attached hydrogen (secondary N) is 1. The second-order valence-electron chi connectivity index (χ2n) is 7.17. The zero-order chi connectivity index (χ0) is 17.9. The summed E-state index contributed by atoms with van der Waals surface area (Å²) in [4.78, 5) is 29.6. The zero-order valence-corrected chi connectivity index (χ0v) is 15.1. The molecule has 0 unspecified atom stereocenters. The third-order valence-corrected chi connectivity index (χ3v) is 5.05. The van der Waals surface area contributed by atoms with Crippen molar-refractivity contribution in [2.75, 3.05) is 50.8 Å². The summed E-state index contributed by atoms with van der Waals surface area (Å²) in [6.45, 7) is 8.66. The predicted octanol–water partition coefficient (Wildman–Crippen LogP) is 1.05. The lowest BCUT2D eigenvalue weighted by Gasteiger charge is -2.30. The van der Waals surface area contributed by atoms with Crippen molar-refractivity contribution >= 4 is 17.5 Å². The Kier molecular flexibility index (Phi) is 5.39. The van der Waals surface area contributed by atoms with Crippen LogP contribution in [-0.2, 0) is 20.7 Å². The lowest BCUT2D eigenvalue weighted by Crippen LogP contribution is -2.50. The number of carbonyl (C=O) groups excluding carboxylic acids is 2. The molecule has 6 heteroatoms. The average molecular weight is 345 g/mol. The van der Waals surface area contributed by atoms with Crippen molar-refractivity contribution in [2.24, 2.45) is 5.41 Å². The summed E-state index contributed by atoms with van der Waals surface area (Å²) in [5.74, 6) is -0.350. The molecular formula is C19H27N3O3. The van der Waals surface area contributed by atoms with Crippen LogP contribution in [0.25, 0.3) is 0 Å². The highest BCUT2D eigenvalue weighted by Gasteiger charge is 2.41. The van der Waals surface area contributed by atoms with Crippen LogP contribution in [0.4, 0.5) is 5.69 Å². The molecule has 2 amide bonds. The molecule has 0 aliphatic carbocycles. The molecule has 0 aromatic heterocycles. The first-order valence-corrected chi connectivity index (χ1v) is 8.98. The van der Waals surface area contributed by atoms with E-state index in [2.05, 4.69) is 10.2 Å². The molecule has 1 N–H and O–H groups in total. The molecule has 136 valence electrons. The van der Waals surface area contributed by atoms with Crippen molar-refractivity contribution in [3.8, 4) is 0 Å².